The van der Waals surface area contributed by atoms with Crippen molar-refractivity contribution in [2.24, 2.45) is 20.0 Å². The minimum atomic E-state index is 0.484. The summed E-state index contributed by atoms with van der Waals surface area (Å²) in [5, 5.41) is 6.29. The van der Waals surface area contributed by atoms with Gasteiger partial charge in [0.15, 0.2) is 0 Å². The van der Waals surface area contributed by atoms with Crippen molar-refractivity contribution in [3.8, 4) is 22.3 Å². The molecule has 0 spiro atoms. The smallest absolute Gasteiger partial charge is 0.130 e. The van der Waals surface area contributed by atoms with E-state index in [1.807, 2.05) is 11.3 Å². The van der Waals surface area contributed by atoms with Crippen LogP contribution in [0.2, 0.25) is 0 Å². The van der Waals surface area contributed by atoms with Crippen molar-refractivity contribution in [3.63, 3.8) is 0 Å². The van der Waals surface area contributed by atoms with Crippen LogP contribution in [-0.2, 0) is 0 Å². The van der Waals surface area contributed by atoms with Crippen molar-refractivity contribution < 1.29 is 0 Å². The fourth-order valence-electron chi connectivity index (χ4n) is 8.22. The number of anilines is 6. The summed E-state index contributed by atoms with van der Waals surface area (Å²) in [5.74, 6) is 0. The summed E-state index contributed by atoms with van der Waals surface area (Å²) >= 11 is 1.85. The van der Waals surface area contributed by atoms with Gasteiger partial charge in [-0.2, -0.15) is 0 Å². The van der Waals surface area contributed by atoms with Gasteiger partial charge >= 0.3 is 0 Å². The van der Waals surface area contributed by atoms with Crippen molar-refractivity contribution in [1.29, 1.82) is 0 Å². The number of benzene rings is 8. The van der Waals surface area contributed by atoms with Gasteiger partial charge in [-0.3, -0.25) is 20.0 Å². The summed E-state index contributed by atoms with van der Waals surface area (Å²) in [6.07, 6.45) is 0. The van der Waals surface area contributed by atoms with Crippen LogP contribution in [0.4, 0.5) is 34.1 Å². The Morgan fingerprint density at radius 1 is 0.333 bits per heavy atom. The van der Waals surface area contributed by atoms with Gasteiger partial charge in [0, 0.05) is 54.3 Å². The zero-order valence-corrected chi connectivity index (χ0v) is 31.6. The molecule has 9 aromatic rings. The highest BCUT2D eigenvalue weighted by molar-refractivity contribution is 7.26. The molecular formula is C50H34N6S. The summed E-state index contributed by atoms with van der Waals surface area (Å²) < 4.78 is 2.53. The lowest BCUT2D eigenvalue weighted by Gasteiger charge is -2.26. The SMILES string of the molecule is c1ccc(N(c2cccc(-c3cccc4sc5cccc(-c6cccc(N(c7ccccc7)c7ccc8c(c7)=NCN=8)c6)c5c34)c2)c2ccc3c(c2)=NCN=3)cc1. The Labute approximate surface area is 333 Å². The number of fused-ring (bicyclic) bond motifs is 5. The van der Waals surface area contributed by atoms with Gasteiger partial charge in [-0.05, 0) is 119 Å². The summed E-state index contributed by atoms with van der Waals surface area (Å²) in [5.41, 5.74) is 11.1. The molecule has 11 rings (SSSR count). The predicted octanol–water partition coefficient (Wildman–Crippen LogP) is 10.7. The minimum absolute atomic E-state index is 0.484. The molecule has 0 fully saturated rings. The molecule has 0 saturated heterocycles. The number of hydrogen-bond acceptors (Lipinski definition) is 7. The molecule has 2 aliphatic heterocycles. The molecule has 0 aliphatic carbocycles. The average Bonchev–Trinajstić information content (AvgIpc) is 4.03. The molecule has 6 nitrogen and oxygen atoms in total. The Balaban J connectivity index is 1.06. The Morgan fingerprint density at radius 2 is 0.737 bits per heavy atom. The van der Waals surface area contributed by atoms with E-state index in [0.29, 0.717) is 13.3 Å². The lowest BCUT2D eigenvalue weighted by Crippen LogP contribution is -2.23. The zero-order chi connectivity index (χ0) is 37.7. The second kappa shape index (κ2) is 13.8. The fourth-order valence-corrected chi connectivity index (χ4v) is 9.38. The Hall–Kier alpha value is -7.22. The summed E-state index contributed by atoms with van der Waals surface area (Å²) in [6.45, 7) is 0.968. The van der Waals surface area contributed by atoms with E-state index >= 15 is 0 Å². The van der Waals surface area contributed by atoms with Crippen LogP contribution in [0.5, 0.6) is 0 Å². The van der Waals surface area contributed by atoms with Gasteiger partial charge in [0.25, 0.3) is 0 Å². The maximum Gasteiger partial charge on any atom is 0.130 e. The molecule has 57 heavy (non-hydrogen) atoms. The number of rotatable bonds is 8. The van der Waals surface area contributed by atoms with Crippen molar-refractivity contribution in [1.82, 2.24) is 0 Å². The van der Waals surface area contributed by atoms with Gasteiger partial charge in [0.1, 0.15) is 13.3 Å². The van der Waals surface area contributed by atoms with Crippen LogP contribution in [0, 0.1) is 0 Å². The maximum absolute atomic E-state index is 4.64. The third-order valence-corrected chi connectivity index (χ3v) is 11.9. The zero-order valence-electron chi connectivity index (χ0n) is 30.8. The molecule has 2 aliphatic rings. The first-order valence-corrected chi connectivity index (χ1v) is 19.9. The Bertz CT molecular complexity index is 3050. The number of para-hydroxylation sites is 2. The fraction of sp³-hybridized carbons (Fsp3) is 0.0400. The van der Waals surface area contributed by atoms with E-state index in [9.17, 15) is 0 Å². The van der Waals surface area contributed by atoms with E-state index in [1.165, 1.54) is 31.3 Å². The molecule has 0 amide bonds. The lowest BCUT2D eigenvalue weighted by atomic mass is 9.94. The molecule has 270 valence electrons. The molecule has 1 aromatic heterocycles. The number of nitrogens with zero attached hydrogens (tertiary/aromatic N) is 6. The highest BCUT2D eigenvalue weighted by Crippen LogP contribution is 2.46. The monoisotopic (exact) mass is 750 g/mol. The van der Waals surface area contributed by atoms with Crippen LogP contribution in [0.3, 0.4) is 0 Å². The summed E-state index contributed by atoms with van der Waals surface area (Å²) in [7, 11) is 0. The van der Waals surface area contributed by atoms with Gasteiger partial charge in [-0.1, -0.05) is 84.9 Å². The standard InChI is InChI=1S/C50H34N6S/c1-3-13-35(14-4-1)55(39-23-25-43-45(29-39)53-31-51-43)37-17-7-11-33(27-37)41-19-9-21-47-49(41)50-42(20-10-22-48(50)57-47)34-12-8-18-38(28-34)56(36-15-5-2-6-16-36)40-24-26-44-46(30-40)54-32-52-44/h1-30H,31-32H2. The molecule has 0 unspecified atom stereocenters. The van der Waals surface area contributed by atoms with E-state index in [-0.39, 0.29) is 0 Å². The minimum Gasteiger partial charge on any atom is -0.310 e. The van der Waals surface area contributed by atoms with E-state index in [4.69, 9.17) is 0 Å². The highest BCUT2D eigenvalue weighted by Gasteiger charge is 2.20. The molecule has 0 atom stereocenters. The number of hydrogen-bond donors (Lipinski definition) is 0. The van der Waals surface area contributed by atoms with E-state index in [2.05, 4.69) is 212 Å². The van der Waals surface area contributed by atoms with E-state index < -0.39 is 0 Å². The maximum atomic E-state index is 4.64. The summed E-state index contributed by atoms with van der Waals surface area (Å²) in [4.78, 5) is 23.0. The van der Waals surface area contributed by atoms with Gasteiger partial charge < -0.3 is 9.80 Å². The first kappa shape index (κ1) is 33.1. The highest BCUT2D eigenvalue weighted by atomic mass is 32.1. The van der Waals surface area contributed by atoms with Crippen molar-refractivity contribution in [2.75, 3.05) is 23.1 Å². The van der Waals surface area contributed by atoms with Gasteiger partial charge in [-0.25, -0.2) is 0 Å². The molecule has 0 radical (unpaired) electrons. The first-order valence-electron chi connectivity index (χ1n) is 19.1. The Morgan fingerprint density at radius 3 is 1.21 bits per heavy atom. The van der Waals surface area contributed by atoms with E-state index in [1.54, 1.807) is 0 Å². The van der Waals surface area contributed by atoms with Gasteiger partial charge in [0.2, 0.25) is 0 Å². The van der Waals surface area contributed by atoms with Crippen LogP contribution in [0.25, 0.3) is 42.4 Å². The first-order chi connectivity index (χ1) is 28.2. The molecular weight excluding hydrogens is 717 g/mol. The lowest BCUT2D eigenvalue weighted by molar-refractivity contribution is 1.06. The normalized spacial score (nSPS) is 12.6. The van der Waals surface area contributed by atoms with Crippen LogP contribution in [0.15, 0.2) is 202 Å². The third kappa shape index (κ3) is 5.88. The summed E-state index contributed by atoms with van der Waals surface area (Å²) in [6, 6.07) is 65.1. The van der Waals surface area contributed by atoms with E-state index in [0.717, 1.165) is 66.7 Å². The topological polar surface area (TPSA) is 55.9 Å². The van der Waals surface area contributed by atoms with Crippen LogP contribution in [-0.4, -0.2) is 13.3 Å². The molecule has 3 heterocycles. The van der Waals surface area contributed by atoms with Crippen LogP contribution in [0.1, 0.15) is 0 Å². The quantitative estimate of drug-likeness (QED) is 0.155. The predicted molar refractivity (Wildman–Crippen MR) is 234 cm³/mol. The molecule has 7 heteroatoms. The van der Waals surface area contributed by atoms with Crippen LogP contribution < -0.4 is 31.2 Å². The number of thiophene rings is 1. The molecule has 0 N–H and O–H groups in total. The average molecular weight is 751 g/mol. The molecule has 0 bridgehead atoms. The second-order valence-corrected chi connectivity index (χ2v) is 15.2. The third-order valence-electron chi connectivity index (χ3n) is 10.8. The van der Waals surface area contributed by atoms with Crippen molar-refractivity contribution >= 4 is 65.6 Å². The van der Waals surface area contributed by atoms with Crippen molar-refractivity contribution in [2.45, 2.75) is 0 Å². The molecule has 0 saturated carbocycles. The Kier molecular flexibility index (Phi) is 8.03. The molecule has 8 aromatic carbocycles. The second-order valence-electron chi connectivity index (χ2n) is 14.2. The van der Waals surface area contributed by atoms with Crippen LogP contribution >= 0.6 is 11.3 Å². The van der Waals surface area contributed by atoms with Crippen molar-refractivity contribution in [3.05, 3.63) is 203 Å². The van der Waals surface area contributed by atoms with Gasteiger partial charge in [-0.15, -0.1) is 11.3 Å². The van der Waals surface area contributed by atoms with Gasteiger partial charge in [0.05, 0.1) is 21.4 Å². The largest absolute Gasteiger partial charge is 0.310 e.